The third-order valence-corrected chi connectivity index (χ3v) is 6.30. The summed E-state index contributed by atoms with van der Waals surface area (Å²) >= 11 is 0. The van der Waals surface area contributed by atoms with Crippen molar-refractivity contribution in [2.75, 3.05) is 0 Å². The fourth-order valence-electron chi connectivity index (χ4n) is 4.60. The average molecular weight is 441 g/mol. The molecule has 166 valence electrons. The molecule has 0 bridgehead atoms. The van der Waals surface area contributed by atoms with Crippen LogP contribution in [0.2, 0.25) is 0 Å². The van der Waals surface area contributed by atoms with Crippen molar-refractivity contribution in [3.8, 4) is 16.9 Å². The maximum Gasteiger partial charge on any atom is 0.131 e. The van der Waals surface area contributed by atoms with Gasteiger partial charge in [-0.3, -0.25) is 0 Å². The van der Waals surface area contributed by atoms with Crippen molar-refractivity contribution in [2.45, 2.75) is 19.4 Å². The van der Waals surface area contributed by atoms with Crippen LogP contribution in [-0.2, 0) is 6.61 Å². The molecule has 1 atom stereocenters. The molecule has 0 aliphatic carbocycles. The number of ether oxygens (including phenoxy) is 1. The standard InChI is InChI=1S/C33H28O/c1-25-14-11-12-21-29(25)32(28-19-9-4-10-20-28)31-23-13-22-30(27-17-7-3-8-18-27)33(31)34-24-26-15-5-2-6-16-26/h2-23,32H,24H2,1H3. The van der Waals surface area contributed by atoms with Gasteiger partial charge in [0.2, 0.25) is 0 Å². The molecule has 5 aromatic carbocycles. The number of rotatable bonds is 7. The Morgan fingerprint density at radius 1 is 0.559 bits per heavy atom. The molecule has 0 fully saturated rings. The normalized spacial score (nSPS) is 11.7. The van der Waals surface area contributed by atoms with E-state index in [1.54, 1.807) is 0 Å². The van der Waals surface area contributed by atoms with Gasteiger partial charge in [0.05, 0.1) is 0 Å². The lowest BCUT2D eigenvalue weighted by atomic mass is 9.81. The molecule has 1 heteroatoms. The third kappa shape index (κ3) is 4.65. The lowest BCUT2D eigenvalue weighted by molar-refractivity contribution is 0.304. The molecule has 0 aliphatic rings. The molecular formula is C33H28O. The van der Waals surface area contributed by atoms with Crippen molar-refractivity contribution in [2.24, 2.45) is 0 Å². The van der Waals surface area contributed by atoms with E-state index in [1.165, 1.54) is 22.3 Å². The van der Waals surface area contributed by atoms with E-state index < -0.39 is 0 Å². The van der Waals surface area contributed by atoms with Gasteiger partial charge in [0.15, 0.2) is 0 Å². The molecule has 0 spiro atoms. The Morgan fingerprint density at radius 2 is 1.15 bits per heavy atom. The van der Waals surface area contributed by atoms with E-state index >= 15 is 0 Å². The average Bonchev–Trinajstić information content (AvgIpc) is 2.91. The highest BCUT2D eigenvalue weighted by atomic mass is 16.5. The Kier molecular flexibility index (Phi) is 6.54. The molecule has 34 heavy (non-hydrogen) atoms. The summed E-state index contributed by atoms with van der Waals surface area (Å²) in [6.07, 6.45) is 0. The van der Waals surface area contributed by atoms with Crippen LogP contribution in [0.1, 0.15) is 33.7 Å². The van der Waals surface area contributed by atoms with Crippen LogP contribution in [0.15, 0.2) is 133 Å². The van der Waals surface area contributed by atoms with Crippen LogP contribution >= 0.6 is 0 Å². The van der Waals surface area contributed by atoms with E-state index in [9.17, 15) is 0 Å². The van der Waals surface area contributed by atoms with Gasteiger partial charge < -0.3 is 4.74 Å². The Balaban J connectivity index is 1.70. The summed E-state index contributed by atoms with van der Waals surface area (Å²) in [6.45, 7) is 2.71. The number of aryl methyl sites for hydroxylation is 1. The first kappa shape index (κ1) is 21.7. The summed E-state index contributed by atoms with van der Waals surface area (Å²) in [5, 5.41) is 0. The van der Waals surface area contributed by atoms with Crippen LogP contribution in [0.5, 0.6) is 5.75 Å². The lowest BCUT2D eigenvalue weighted by Gasteiger charge is -2.25. The maximum absolute atomic E-state index is 6.67. The monoisotopic (exact) mass is 440 g/mol. The molecule has 5 rings (SSSR count). The minimum absolute atomic E-state index is 0.0665. The SMILES string of the molecule is Cc1ccccc1C(c1ccccc1)c1cccc(-c2ccccc2)c1OCc1ccccc1. The van der Waals surface area contributed by atoms with Gasteiger partial charge in [-0.25, -0.2) is 0 Å². The Labute approximate surface area is 202 Å². The van der Waals surface area contributed by atoms with Gasteiger partial charge in [0.1, 0.15) is 12.4 Å². The minimum Gasteiger partial charge on any atom is -0.488 e. The Bertz CT molecular complexity index is 1340. The molecule has 0 heterocycles. The molecule has 0 radical (unpaired) electrons. The second kappa shape index (κ2) is 10.2. The minimum atomic E-state index is 0.0665. The first-order chi connectivity index (χ1) is 16.8. The number of para-hydroxylation sites is 1. The van der Waals surface area contributed by atoms with E-state index in [0.29, 0.717) is 6.61 Å². The first-order valence-corrected chi connectivity index (χ1v) is 11.8. The molecule has 0 saturated carbocycles. The Morgan fingerprint density at radius 3 is 1.85 bits per heavy atom. The molecule has 0 aromatic heterocycles. The van der Waals surface area contributed by atoms with Crippen molar-refractivity contribution in [3.63, 3.8) is 0 Å². The van der Waals surface area contributed by atoms with E-state index in [-0.39, 0.29) is 5.92 Å². The smallest absolute Gasteiger partial charge is 0.131 e. The fourth-order valence-corrected chi connectivity index (χ4v) is 4.60. The van der Waals surface area contributed by atoms with Gasteiger partial charge in [-0.2, -0.15) is 0 Å². The predicted octanol–water partition coefficient (Wildman–Crippen LogP) is 8.42. The van der Waals surface area contributed by atoms with Gasteiger partial charge in [0, 0.05) is 17.0 Å². The predicted molar refractivity (Wildman–Crippen MR) is 141 cm³/mol. The molecule has 1 unspecified atom stereocenters. The summed E-state index contributed by atoms with van der Waals surface area (Å²) in [4.78, 5) is 0. The topological polar surface area (TPSA) is 9.23 Å². The molecule has 5 aromatic rings. The summed E-state index contributed by atoms with van der Waals surface area (Å²) in [5.74, 6) is 1.01. The van der Waals surface area contributed by atoms with E-state index in [0.717, 1.165) is 22.4 Å². The fraction of sp³-hybridized carbons (Fsp3) is 0.0909. The van der Waals surface area contributed by atoms with Crippen LogP contribution in [-0.4, -0.2) is 0 Å². The highest BCUT2D eigenvalue weighted by Gasteiger charge is 2.24. The number of hydrogen-bond donors (Lipinski definition) is 0. The second-order valence-electron chi connectivity index (χ2n) is 8.56. The van der Waals surface area contributed by atoms with E-state index in [4.69, 9.17) is 4.74 Å². The molecule has 0 N–H and O–H groups in total. The van der Waals surface area contributed by atoms with Crippen molar-refractivity contribution in [1.29, 1.82) is 0 Å². The van der Waals surface area contributed by atoms with Crippen LogP contribution in [0.25, 0.3) is 11.1 Å². The van der Waals surface area contributed by atoms with Gasteiger partial charge >= 0.3 is 0 Å². The summed E-state index contributed by atoms with van der Waals surface area (Å²) in [6, 6.07) is 46.8. The van der Waals surface area contributed by atoms with Crippen LogP contribution in [0.4, 0.5) is 0 Å². The van der Waals surface area contributed by atoms with Gasteiger partial charge in [-0.1, -0.05) is 133 Å². The maximum atomic E-state index is 6.67. The molecule has 0 aliphatic heterocycles. The zero-order chi connectivity index (χ0) is 23.2. The zero-order valence-electron chi connectivity index (χ0n) is 19.4. The number of benzene rings is 5. The highest BCUT2D eigenvalue weighted by molar-refractivity contribution is 5.73. The van der Waals surface area contributed by atoms with Crippen LogP contribution in [0.3, 0.4) is 0 Å². The van der Waals surface area contributed by atoms with Crippen LogP contribution < -0.4 is 4.74 Å². The van der Waals surface area contributed by atoms with Crippen molar-refractivity contribution in [3.05, 3.63) is 161 Å². The van der Waals surface area contributed by atoms with Crippen LogP contribution in [0, 0.1) is 6.92 Å². The molecule has 0 saturated heterocycles. The molecule has 0 amide bonds. The zero-order valence-corrected chi connectivity index (χ0v) is 19.4. The van der Waals surface area contributed by atoms with Crippen molar-refractivity contribution in [1.82, 2.24) is 0 Å². The van der Waals surface area contributed by atoms with Crippen molar-refractivity contribution < 1.29 is 4.74 Å². The van der Waals surface area contributed by atoms with E-state index in [1.807, 2.05) is 6.07 Å². The Hall–Kier alpha value is -4.10. The third-order valence-electron chi connectivity index (χ3n) is 6.30. The molecular weight excluding hydrogens is 412 g/mol. The van der Waals surface area contributed by atoms with Gasteiger partial charge in [0.25, 0.3) is 0 Å². The van der Waals surface area contributed by atoms with Gasteiger partial charge in [-0.05, 0) is 34.7 Å². The lowest BCUT2D eigenvalue weighted by Crippen LogP contribution is -2.09. The number of hydrogen-bond acceptors (Lipinski definition) is 1. The highest BCUT2D eigenvalue weighted by Crippen LogP contribution is 2.43. The summed E-state index contributed by atoms with van der Waals surface area (Å²) < 4.78 is 6.67. The molecule has 1 nitrogen and oxygen atoms in total. The van der Waals surface area contributed by atoms with Crippen molar-refractivity contribution >= 4 is 0 Å². The second-order valence-corrected chi connectivity index (χ2v) is 8.56. The quantitative estimate of drug-likeness (QED) is 0.231. The van der Waals surface area contributed by atoms with Gasteiger partial charge in [-0.15, -0.1) is 0 Å². The first-order valence-electron chi connectivity index (χ1n) is 11.8. The van der Waals surface area contributed by atoms with E-state index in [2.05, 4.69) is 134 Å². The largest absolute Gasteiger partial charge is 0.488 e. The summed E-state index contributed by atoms with van der Waals surface area (Å²) in [5.41, 5.74) is 8.43. The summed E-state index contributed by atoms with van der Waals surface area (Å²) in [7, 11) is 0.